The van der Waals surface area contributed by atoms with Gasteiger partial charge in [0, 0.05) is 6.54 Å². The van der Waals surface area contributed by atoms with Crippen LogP contribution in [-0.4, -0.2) is 48.1 Å². The van der Waals surface area contributed by atoms with Gasteiger partial charge in [-0.05, 0) is 32.2 Å². The number of nitrogens with zero attached hydrogens (tertiary/aromatic N) is 1. The number of fused-ring (bicyclic) bond motifs is 2. The van der Waals surface area contributed by atoms with E-state index in [2.05, 4.69) is 5.32 Å². The maximum absolute atomic E-state index is 12.0. The highest BCUT2D eigenvalue weighted by Crippen LogP contribution is 2.30. The second kappa shape index (κ2) is 3.82. The standard InChI is InChI=1S/C11H16N2O3/c14-10-8-3-4-9(16-8)11(15)13(10)7-2-1-5-12-6-7/h7-9,12H,1-6H2. The normalized spacial score (nSPS) is 39.2. The quantitative estimate of drug-likeness (QED) is 0.619. The van der Waals surface area contributed by atoms with Crippen molar-refractivity contribution < 1.29 is 14.3 Å². The van der Waals surface area contributed by atoms with Crippen LogP contribution in [0.2, 0.25) is 0 Å². The van der Waals surface area contributed by atoms with E-state index in [1.807, 2.05) is 0 Å². The molecule has 0 spiro atoms. The molecule has 3 saturated heterocycles. The molecule has 3 atom stereocenters. The molecular weight excluding hydrogens is 208 g/mol. The Hall–Kier alpha value is -0.940. The Morgan fingerprint density at radius 2 is 1.81 bits per heavy atom. The number of hydrogen-bond donors (Lipinski definition) is 1. The van der Waals surface area contributed by atoms with Crippen molar-refractivity contribution in [3.63, 3.8) is 0 Å². The molecule has 3 heterocycles. The predicted octanol–water partition coefficient (Wildman–Crippen LogP) is -0.345. The van der Waals surface area contributed by atoms with Crippen molar-refractivity contribution in [3.05, 3.63) is 0 Å². The van der Waals surface area contributed by atoms with E-state index in [-0.39, 0.29) is 30.1 Å². The average Bonchev–Trinajstić information content (AvgIpc) is 2.75. The molecule has 3 fully saturated rings. The molecule has 5 nitrogen and oxygen atoms in total. The molecule has 88 valence electrons. The zero-order valence-corrected chi connectivity index (χ0v) is 9.15. The molecule has 0 aromatic carbocycles. The van der Waals surface area contributed by atoms with Crippen molar-refractivity contribution in [2.45, 2.75) is 43.9 Å². The summed E-state index contributed by atoms with van der Waals surface area (Å²) in [7, 11) is 0. The number of rotatable bonds is 1. The van der Waals surface area contributed by atoms with Gasteiger partial charge in [-0.2, -0.15) is 0 Å². The molecule has 0 aromatic heterocycles. The summed E-state index contributed by atoms with van der Waals surface area (Å²) in [6.07, 6.45) is 2.63. The van der Waals surface area contributed by atoms with Crippen LogP contribution >= 0.6 is 0 Å². The molecule has 16 heavy (non-hydrogen) atoms. The SMILES string of the molecule is O=C1C2CCC(O2)C(=O)N1C1CCCNC1. The van der Waals surface area contributed by atoms with Crippen molar-refractivity contribution in [1.29, 1.82) is 0 Å². The first-order chi connectivity index (χ1) is 7.77. The highest BCUT2D eigenvalue weighted by atomic mass is 16.5. The third-order valence-corrected chi connectivity index (χ3v) is 3.68. The number of carbonyl (C=O) groups is 2. The number of imide groups is 1. The Bertz CT molecular complexity index is 303. The number of carbonyl (C=O) groups excluding carboxylic acids is 2. The third kappa shape index (κ3) is 1.46. The van der Waals surface area contributed by atoms with E-state index in [0.29, 0.717) is 12.8 Å². The number of amides is 2. The van der Waals surface area contributed by atoms with E-state index in [4.69, 9.17) is 4.74 Å². The molecule has 3 aliphatic heterocycles. The van der Waals surface area contributed by atoms with E-state index in [1.54, 1.807) is 0 Å². The Labute approximate surface area is 94.1 Å². The smallest absolute Gasteiger partial charge is 0.258 e. The van der Waals surface area contributed by atoms with Crippen molar-refractivity contribution in [3.8, 4) is 0 Å². The van der Waals surface area contributed by atoms with Gasteiger partial charge in [-0.25, -0.2) is 0 Å². The summed E-state index contributed by atoms with van der Waals surface area (Å²) in [4.78, 5) is 25.6. The zero-order chi connectivity index (χ0) is 11.1. The summed E-state index contributed by atoms with van der Waals surface area (Å²) in [6.45, 7) is 1.72. The molecule has 2 bridgehead atoms. The summed E-state index contributed by atoms with van der Waals surface area (Å²) in [5, 5.41) is 3.24. The van der Waals surface area contributed by atoms with E-state index in [1.165, 1.54) is 4.90 Å². The number of piperidine rings is 1. The molecule has 0 saturated carbocycles. The highest BCUT2D eigenvalue weighted by molar-refractivity contribution is 6.02. The van der Waals surface area contributed by atoms with Gasteiger partial charge in [0.05, 0.1) is 6.04 Å². The van der Waals surface area contributed by atoms with Crippen LogP contribution < -0.4 is 5.32 Å². The Morgan fingerprint density at radius 3 is 2.38 bits per heavy atom. The maximum atomic E-state index is 12.0. The largest absolute Gasteiger partial charge is 0.355 e. The fourth-order valence-electron chi connectivity index (χ4n) is 2.83. The lowest BCUT2D eigenvalue weighted by atomic mass is 10.0. The van der Waals surface area contributed by atoms with Gasteiger partial charge in [-0.15, -0.1) is 0 Å². The molecule has 3 unspecified atom stereocenters. The van der Waals surface area contributed by atoms with Crippen LogP contribution in [0.25, 0.3) is 0 Å². The molecule has 2 amide bonds. The number of morpholine rings is 1. The summed E-state index contributed by atoms with van der Waals surface area (Å²) in [5.41, 5.74) is 0. The van der Waals surface area contributed by atoms with Gasteiger partial charge >= 0.3 is 0 Å². The number of ether oxygens (including phenoxy) is 1. The highest BCUT2D eigenvalue weighted by Gasteiger charge is 2.48. The second-order valence-electron chi connectivity index (χ2n) is 4.74. The maximum Gasteiger partial charge on any atom is 0.258 e. The Balaban J connectivity index is 1.82. The van der Waals surface area contributed by atoms with Crippen LogP contribution in [0.4, 0.5) is 0 Å². The Kier molecular flexibility index (Phi) is 2.44. The van der Waals surface area contributed by atoms with Gasteiger partial charge in [0.1, 0.15) is 12.2 Å². The van der Waals surface area contributed by atoms with E-state index < -0.39 is 0 Å². The fraction of sp³-hybridized carbons (Fsp3) is 0.818. The van der Waals surface area contributed by atoms with Crippen molar-refractivity contribution in [2.75, 3.05) is 13.1 Å². The lowest BCUT2D eigenvalue weighted by molar-refractivity contribution is -0.171. The minimum absolute atomic E-state index is 0.0424. The van der Waals surface area contributed by atoms with Gasteiger partial charge in [-0.1, -0.05) is 0 Å². The molecule has 3 rings (SSSR count). The lowest BCUT2D eigenvalue weighted by Crippen LogP contribution is -2.59. The topological polar surface area (TPSA) is 58.6 Å². The van der Waals surface area contributed by atoms with Crippen LogP contribution in [0.3, 0.4) is 0 Å². The van der Waals surface area contributed by atoms with Crippen molar-refractivity contribution >= 4 is 11.8 Å². The molecule has 1 N–H and O–H groups in total. The Morgan fingerprint density at radius 1 is 1.12 bits per heavy atom. The third-order valence-electron chi connectivity index (χ3n) is 3.68. The average molecular weight is 224 g/mol. The predicted molar refractivity (Wildman–Crippen MR) is 55.6 cm³/mol. The summed E-state index contributed by atoms with van der Waals surface area (Å²) in [6, 6.07) is 0.0424. The fourth-order valence-corrected chi connectivity index (χ4v) is 2.83. The van der Waals surface area contributed by atoms with Crippen LogP contribution in [0, 0.1) is 0 Å². The molecule has 5 heteroatoms. The molecule has 0 aromatic rings. The zero-order valence-electron chi connectivity index (χ0n) is 9.15. The monoisotopic (exact) mass is 224 g/mol. The number of likely N-dealkylation sites (tertiary alicyclic amines) is 1. The minimum atomic E-state index is -0.357. The second-order valence-corrected chi connectivity index (χ2v) is 4.74. The number of nitrogens with one attached hydrogen (secondary N) is 1. The lowest BCUT2D eigenvalue weighted by Gasteiger charge is -2.37. The molecule has 0 aliphatic carbocycles. The summed E-state index contributed by atoms with van der Waals surface area (Å²) >= 11 is 0. The minimum Gasteiger partial charge on any atom is -0.355 e. The van der Waals surface area contributed by atoms with Crippen LogP contribution in [0.5, 0.6) is 0 Å². The first kappa shape index (κ1) is 10.2. The van der Waals surface area contributed by atoms with Crippen LogP contribution in [-0.2, 0) is 14.3 Å². The van der Waals surface area contributed by atoms with Gasteiger partial charge < -0.3 is 10.1 Å². The number of hydrogen-bond acceptors (Lipinski definition) is 4. The van der Waals surface area contributed by atoms with Crippen LogP contribution in [0.15, 0.2) is 0 Å². The van der Waals surface area contributed by atoms with Crippen molar-refractivity contribution in [2.24, 2.45) is 0 Å². The van der Waals surface area contributed by atoms with E-state index in [0.717, 1.165) is 25.9 Å². The molecule has 0 radical (unpaired) electrons. The molecule has 3 aliphatic rings. The van der Waals surface area contributed by atoms with Gasteiger partial charge in [-0.3, -0.25) is 14.5 Å². The molecular formula is C11H16N2O3. The van der Waals surface area contributed by atoms with E-state index in [9.17, 15) is 9.59 Å². The van der Waals surface area contributed by atoms with Gasteiger partial charge in [0.25, 0.3) is 11.8 Å². The first-order valence-corrected chi connectivity index (χ1v) is 6.00. The van der Waals surface area contributed by atoms with Gasteiger partial charge in [0.2, 0.25) is 0 Å². The van der Waals surface area contributed by atoms with E-state index >= 15 is 0 Å². The van der Waals surface area contributed by atoms with Crippen LogP contribution in [0.1, 0.15) is 25.7 Å². The van der Waals surface area contributed by atoms with Crippen molar-refractivity contribution in [1.82, 2.24) is 10.2 Å². The summed E-state index contributed by atoms with van der Waals surface area (Å²) in [5.74, 6) is -0.236. The first-order valence-electron chi connectivity index (χ1n) is 6.00. The van der Waals surface area contributed by atoms with Gasteiger partial charge in [0.15, 0.2) is 0 Å². The summed E-state index contributed by atoms with van der Waals surface area (Å²) < 4.78 is 5.38.